The Hall–Kier alpha value is -3.72. The molecule has 0 unspecified atom stereocenters. The van der Waals surface area contributed by atoms with Crippen molar-refractivity contribution < 1.29 is 14.0 Å². The van der Waals surface area contributed by atoms with Gasteiger partial charge in [0.1, 0.15) is 5.82 Å². The Labute approximate surface area is 180 Å². The molecule has 0 fully saturated rings. The topological polar surface area (TPSA) is 93.9 Å². The number of aromatic nitrogens is 5. The third-order valence-electron chi connectivity index (χ3n) is 5.04. The second-order valence-electron chi connectivity index (χ2n) is 7.24. The second kappa shape index (κ2) is 6.64. The van der Waals surface area contributed by atoms with Crippen molar-refractivity contribution in [2.24, 2.45) is 0 Å². The van der Waals surface area contributed by atoms with Gasteiger partial charge in [-0.3, -0.25) is 9.59 Å². The van der Waals surface area contributed by atoms with Crippen LogP contribution in [0.5, 0.6) is 0 Å². The largest absolute Gasteiger partial charge is 0.268 e. The van der Waals surface area contributed by atoms with Crippen LogP contribution in [0.2, 0.25) is 5.02 Å². The molecule has 10 heteroatoms. The molecule has 3 aromatic heterocycles. The molecule has 0 atom stereocenters. The Morgan fingerprint density at radius 2 is 1.71 bits per heavy atom. The molecule has 0 bridgehead atoms. The number of imide groups is 1. The van der Waals surface area contributed by atoms with Gasteiger partial charge in [0.25, 0.3) is 17.8 Å². The number of carbonyl (C=O) groups excluding carboxylic acids is 2. The van der Waals surface area contributed by atoms with E-state index in [9.17, 15) is 14.0 Å². The smallest absolute Gasteiger partial charge is 0.267 e. The average Bonchev–Trinajstić information content (AvgIpc) is 3.18. The van der Waals surface area contributed by atoms with Gasteiger partial charge in [-0.05, 0) is 45.0 Å². The zero-order chi connectivity index (χ0) is 22.0. The molecule has 1 aliphatic rings. The molecule has 0 aliphatic carbocycles. The van der Waals surface area contributed by atoms with Crippen molar-refractivity contribution in [3.63, 3.8) is 0 Å². The number of amides is 2. The van der Waals surface area contributed by atoms with Crippen LogP contribution in [0.25, 0.3) is 17.0 Å². The molecule has 31 heavy (non-hydrogen) atoms. The van der Waals surface area contributed by atoms with Crippen molar-refractivity contribution >= 4 is 40.1 Å². The van der Waals surface area contributed by atoms with Crippen LogP contribution in [0, 0.1) is 26.6 Å². The molecule has 8 nitrogen and oxygen atoms in total. The lowest BCUT2D eigenvalue weighted by Crippen LogP contribution is -2.29. The minimum atomic E-state index is -0.642. The minimum absolute atomic E-state index is 0.141. The SMILES string of the molecule is Cc1cc(C)nc(-n2nc(C)c3c4c(cnc32)C(=O)N(c2ccc(F)c(Cl)c2)C4=O)n1. The first kappa shape index (κ1) is 19.3. The fraction of sp³-hybridized carbons (Fsp3) is 0.143. The number of rotatable bonds is 2. The quantitative estimate of drug-likeness (QED) is 0.444. The molecule has 5 rings (SSSR count). The summed E-state index contributed by atoms with van der Waals surface area (Å²) >= 11 is 5.85. The lowest BCUT2D eigenvalue weighted by atomic mass is 10.1. The number of nitrogens with zero attached hydrogens (tertiary/aromatic N) is 6. The number of hydrogen-bond donors (Lipinski definition) is 0. The highest BCUT2D eigenvalue weighted by Crippen LogP contribution is 2.35. The highest BCUT2D eigenvalue weighted by Gasteiger charge is 2.40. The molecule has 0 spiro atoms. The fourth-order valence-corrected chi connectivity index (χ4v) is 3.94. The number of fused-ring (bicyclic) bond motifs is 3. The summed E-state index contributed by atoms with van der Waals surface area (Å²) in [5.74, 6) is -1.44. The molecule has 4 heterocycles. The van der Waals surface area contributed by atoms with Gasteiger partial charge in [0.05, 0.1) is 32.9 Å². The van der Waals surface area contributed by atoms with Gasteiger partial charge in [-0.2, -0.15) is 9.78 Å². The molecule has 0 N–H and O–H groups in total. The summed E-state index contributed by atoms with van der Waals surface area (Å²) in [6, 6.07) is 5.51. The van der Waals surface area contributed by atoms with Crippen molar-refractivity contribution in [1.29, 1.82) is 0 Å². The summed E-state index contributed by atoms with van der Waals surface area (Å²) in [4.78, 5) is 40.5. The average molecular weight is 437 g/mol. The van der Waals surface area contributed by atoms with Crippen LogP contribution < -0.4 is 4.90 Å². The highest BCUT2D eigenvalue weighted by molar-refractivity contribution is 6.38. The van der Waals surface area contributed by atoms with E-state index in [1.807, 2.05) is 19.9 Å². The normalized spacial score (nSPS) is 13.4. The zero-order valence-electron chi connectivity index (χ0n) is 16.6. The zero-order valence-corrected chi connectivity index (χ0v) is 17.4. The maximum atomic E-state index is 13.6. The van der Waals surface area contributed by atoms with E-state index in [-0.39, 0.29) is 21.8 Å². The predicted molar refractivity (Wildman–Crippen MR) is 111 cm³/mol. The summed E-state index contributed by atoms with van der Waals surface area (Å²) in [7, 11) is 0. The number of hydrogen-bond acceptors (Lipinski definition) is 6. The first-order valence-electron chi connectivity index (χ1n) is 9.31. The Bertz CT molecular complexity index is 1430. The standard InChI is InChI=1S/C21H14ClFN6O2/c1-9-6-10(2)26-21(25-9)29-18-16(11(3)27-29)17-13(8-24-18)19(30)28(20(17)31)12-4-5-15(23)14(22)7-12/h4-8H,1-3H3. The number of benzene rings is 1. The third kappa shape index (κ3) is 2.81. The number of pyridine rings is 1. The van der Waals surface area contributed by atoms with Crippen molar-refractivity contribution in [1.82, 2.24) is 24.7 Å². The summed E-state index contributed by atoms with van der Waals surface area (Å²) in [5, 5.41) is 4.73. The third-order valence-corrected chi connectivity index (χ3v) is 5.33. The minimum Gasteiger partial charge on any atom is -0.268 e. The summed E-state index contributed by atoms with van der Waals surface area (Å²) in [6.07, 6.45) is 1.34. The molecule has 154 valence electrons. The van der Waals surface area contributed by atoms with E-state index < -0.39 is 17.6 Å². The first-order chi connectivity index (χ1) is 14.8. The molecule has 0 radical (unpaired) electrons. The van der Waals surface area contributed by atoms with Crippen LogP contribution in [-0.4, -0.2) is 36.5 Å². The Morgan fingerprint density at radius 3 is 2.39 bits per heavy atom. The summed E-state index contributed by atoms with van der Waals surface area (Å²) < 4.78 is 15.0. The van der Waals surface area contributed by atoms with E-state index in [1.54, 1.807) is 6.92 Å². The number of carbonyl (C=O) groups is 2. The van der Waals surface area contributed by atoms with Gasteiger partial charge < -0.3 is 0 Å². The monoisotopic (exact) mass is 436 g/mol. The van der Waals surface area contributed by atoms with E-state index in [1.165, 1.54) is 23.0 Å². The van der Waals surface area contributed by atoms with Crippen molar-refractivity contribution in [2.45, 2.75) is 20.8 Å². The van der Waals surface area contributed by atoms with Crippen LogP contribution in [0.3, 0.4) is 0 Å². The van der Waals surface area contributed by atoms with E-state index in [0.29, 0.717) is 22.7 Å². The lowest BCUT2D eigenvalue weighted by molar-refractivity contribution is 0.0926. The first-order valence-corrected chi connectivity index (χ1v) is 9.69. The molecule has 0 saturated carbocycles. The molecule has 4 aromatic rings. The second-order valence-corrected chi connectivity index (χ2v) is 7.64. The maximum Gasteiger partial charge on any atom is 0.267 e. The molecule has 1 aromatic carbocycles. The van der Waals surface area contributed by atoms with Gasteiger partial charge in [-0.1, -0.05) is 11.6 Å². The number of aryl methyl sites for hydroxylation is 3. The van der Waals surface area contributed by atoms with Crippen LogP contribution in [0.4, 0.5) is 10.1 Å². The Morgan fingerprint density at radius 1 is 1.00 bits per heavy atom. The van der Waals surface area contributed by atoms with Crippen LogP contribution in [0.15, 0.2) is 30.5 Å². The van der Waals surface area contributed by atoms with E-state index in [4.69, 9.17) is 11.6 Å². The van der Waals surface area contributed by atoms with E-state index in [2.05, 4.69) is 20.1 Å². The van der Waals surface area contributed by atoms with Crippen molar-refractivity contribution in [2.75, 3.05) is 4.90 Å². The fourth-order valence-electron chi connectivity index (χ4n) is 3.76. The van der Waals surface area contributed by atoms with E-state index >= 15 is 0 Å². The van der Waals surface area contributed by atoms with E-state index in [0.717, 1.165) is 22.4 Å². The number of halogens is 2. The highest BCUT2D eigenvalue weighted by atomic mass is 35.5. The lowest BCUT2D eigenvalue weighted by Gasteiger charge is -2.14. The molecular formula is C21H14ClFN6O2. The van der Waals surface area contributed by atoms with Gasteiger partial charge >= 0.3 is 0 Å². The van der Waals surface area contributed by atoms with Crippen LogP contribution >= 0.6 is 11.6 Å². The predicted octanol–water partition coefficient (Wildman–Crippen LogP) is 3.73. The summed E-state index contributed by atoms with van der Waals surface area (Å²) in [5.41, 5.74) is 2.88. The maximum absolute atomic E-state index is 13.6. The van der Waals surface area contributed by atoms with Gasteiger partial charge in [0.15, 0.2) is 5.65 Å². The van der Waals surface area contributed by atoms with Gasteiger partial charge in [-0.25, -0.2) is 24.2 Å². The molecule has 2 amide bonds. The van der Waals surface area contributed by atoms with Gasteiger partial charge in [-0.15, -0.1) is 0 Å². The molecule has 0 saturated heterocycles. The van der Waals surface area contributed by atoms with Crippen LogP contribution in [-0.2, 0) is 0 Å². The van der Waals surface area contributed by atoms with Crippen molar-refractivity contribution in [3.05, 3.63) is 69.5 Å². The molecular weight excluding hydrogens is 423 g/mol. The van der Waals surface area contributed by atoms with Gasteiger partial charge in [0, 0.05) is 17.6 Å². The van der Waals surface area contributed by atoms with Gasteiger partial charge in [0.2, 0.25) is 0 Å². The Kier molecular flexibility index (Phi) is 4.13. The number of anilines is 1. The van der Waals surface area contributed by atoms with Crippen molar-refractivity contribution in [3.8, 4) is 5.95 Å². The Balaban J connectivity index is 1.71. The summed E-state index contributed by atoms with van der Waals surface area (Å²) in [6.45, 7) is 5.41. The van der Waals surface area contributed by atoms with Crippen LogP contribution in [0.1, 0.15) is 37.8 Å². The molecule has 1 aliphatic heterocycles.